The van der Waals surface area contributed by atoms with Crippen LogP contribution in [0.15, 0.2) is 42.5 Å². The van der Waals surface area contributed by atoms with Crippen LogP contribution in [0.5, 0.6) is 5.75 Å². The van der Waals surface area contributed by atoms with Crippen LogP contribution in [-0.2, 0) is 6.61 Å². The number of halogens is 1. The molecule has 2 aromatic carbocycles. The summed E-state index contributed by atoms with van der Waals surface area (Å²) in [6.45, 7) is 0.00231. The van der Waals surface area contributed by atoms with Crippen molar-refractivity contribution in [2.45, 2.75) is 6.61 Å². The average molecular weight is 281 g/mol. The van der Waals surface area contributed by atoms with E-state index in [4.69, 9.17) is 15.1 Å². The molecule has 0 bridgehead atoms. The van der Waals surface area contributed by atoms with Crippen molar-refractivity contribution in [2.24, 2.45) is 0 Å². The Kier molecular flexibility index (Phi) is 4.93. The Bertz CT molecular complexity index is 738. The van der Waals surface area contributed by atoms with Crippen LogP contribution in [0.1, 0.15) is 16.7 Å². The van der Waals surface area contributed by atoms with Gasteiger partial charge in [0.25, 0.3) is 0 Å². The smallest absolute Gasteiger partial charge is 0.144 e. The molecule has 1 N–H and O–H groups in total. The fraction of sp³-hybridized carbons (Fsp3) is 0.118. The Labute approximate surface area is 122 Å². The highest BCUT2D eigenvalue weighted by molar-refractivity contribution is 5.44. The summed E-state index contributed by atoms with van der Waals surface area (Å²) in [5.41, 5.74) is 1.49. The molecule has 0 amide bonds. The van der Waals surface area contributed by atoms with Gasteiger partial charge < -0.3 is 9.84 Å². The number of aliphatic hydroxyl groups excluding tert-OH is 1. The highest BCUT2D eigenvalue weighted by Crippen LogP contribution is 2.21. The molecule has 0 saturated heterocycles. The molecule has 0 aromatic heterocycles. The van der Waals surface area contributed by atoms with Gasteiger partial charge in [-0.1, -0.05) is 30.0 Å². The summed E-state index contributed by atoms with van der Waals surface area (Å²) in [5, 5.41) is 17.6. The minimum atomic E-state index is -0.599. The third-order valence-corrected chi connectivity index (χ3v) is 2.72. The quantitative estimate of drug-likeness (QED) is 0.880. The second kappa shape index (κ2) is 7.09. The van der Waals surface area contributed by atoms with Crippen LogP contribution >= 0.6 is 0 Å². The zero-order valence-electron chi connectivity index (χ0n) is 11.1. The van der Waals surface area contributed by atoms with Crippen molar-refractivity contribution in [1.82, 2.24) is 0 Å². The first-order valence-corrected chi connectivity index (χ1v) is 6.24. The van der Waals surface area contributed by atoms with Crippen molar-refractivity contribution in [3.05, 3.63) is 65.0 Å². The minimum absolute atomic E-state index is 0.103. The van der Waals surface area contributed by atoms with Gasteiger partial charge in [-0.2, -0.15) is 5.26 Å². The summed E-state index contributed by atoms with van der Waals surface area (Å²) >= 11 is 0. The molecule has 4 heteroatoms. The summed E-state index contributed by atoms with van der Waals surface area (Å²) < 4.78 is 18.9. The Hall–Kier alpha value is -2.82. The van der Waals surface area contributed by atoms with Crippen LogP contribution in [0.4, 0.5) is 4.39 Å². The summed E-state index contributed by atoms with van der Waals surface area (Å²) in [7, 11) is 0. The highest BCUT2D eigenvalue weighted by atomic mass is 19.1. The summed E-state index contributed by atoms with van der Waals surface area (Å²) in [4.78, 5) is 0. The molecule has 0 unspecified atom stereocenters. The number of aliphatic hydroxyl groups is 1. The summed E-state index contributed by atoms with van der Waals surface area (Å²) in [6, 6.07) is 13.3. The van der Waals surface area contributed by atoms with Crippen molar-refractivity contribution in [2.75, 3.05) is 6.61 Å². The lowest BCUT2D eigenvalue weighted by molar-refractivity contribution is 0.303. The van der Waals surface area contributed by atoms with Crippen molar-refractivity contribution in [3.63, 3.8) is 0 Å². The van der Waals surface area contributed by atoms with Gasteiger partial charge in [0.2, 0.25) is 0 Å². The minimum Gasteiger partial charge on any atom is -0.487 e. The molecule has 104 valence electrons. The second-order valence-corrected chi connectivity index (χ2v) is 4.17. The number of nitrogens with zero attached hydrogens (tertiary/aromatic N) is 1. The number of rotatable bonds is 3. The topological polar surface area (TPSA) is 53.2 Å². The standard InChI is InChI=1S/C17H12FNO2/c18-16-7-2-8-17(15(16)11-19)21-12-14-5-1-4-13(10-14)6-3-9-20/h1-2,4-5,7-8,10,20H,9,12H2. The molecule has 0 saturated carbocycles. The molecule has 2 aromatic rings. The largest absolute Gasteiger partial charge is 0.487 e. The van der Waals surface area contributed by atoms with E-state index in [0.717, 1.165) is 11.1 Å². The summed E-state index contributed by atoms with van der Waals surface area (Å²) in [6.07, 6.45) is 0. The first-order chi connectivity index (χ1) is 10.2. The number of benzene rings is 2. The first-order valence-electron chi connectivity index (χ1n) is 6.24. The third kappa shape index (κ3) is 3.82. The zero-order valence-corrected chi connectivity index (χ0v) is 11.1. The van der Waals surface area contributed by atoms with E-state index in [9.17, 15) is 4.39 Å². The van der Waals surface area contributed by atoms with Gasteiger partial charge in [-0.25, -0.2) is 4.39 Å². The normalized spacial score (nSPS) is 9.38. The molecule has 0 aliphatic heterocycles. The molecule has 0 fully saturated rings. The van der Waals surface area contributed by atoms with Gasteiger partial charge >= 0.3 is 0 Å². The number of hydrogen-bond donors (Lipinski definition) is 1. The molecule has 0 atom stereocenters. The van der Waals surface area contributed by atoms with Crippen LogP contribution in [0.3, 0.4) is 0 Å². The first kappa shape index (κ1) is 14.6. The molecule has 0 radical (unpaired) electrons. The van der Waals surface area contributed by atoms with E-state index < -0.39 is 5.82 Å². The van der Waals surface area contributed by atoms with Crippen molar-refractivity contribution in [1.29, 1.82) is 5.26 Å². The molecule has 2 rings (SSSR count). The summed E-state index contributed by atoms with van der Waals surface area (Å²) in [5.74, 6) is 4.97. The van der Waals surface area contributed by atoms with E-state index in [1.54, 1.807) is 12.1 Å². The van der Waals surface area contributed by atoms with Gasteiger partial charge in [-0.3, -0.25) is 0 Å². The maximum atomic E-state index is 13.4. The van der Waals surface area contributed by atoms with Gasteiger partial charge in [0.1, 0.15) is 36.4 Å². The van der Waals surface area contributed by atoms with E-state index >= 15 is 0 Å². The number of ether oxygens (including phenoxy) is 1. The van der Waals surface area contributed by atoms with Crippen LogP contribution in [0.25, 0.3) is 0 Å². The monoisotopic (exact) mass is 281 g/mol. The third-order valence-electron chi connectivity index (χ3n) is 2.72. The molecular weight excluding hydrogens is 269 g/mol. The lowest BCUT2D eigenvalue weighted by atomic mass is 10.1. The molecule has 0 aliphatic rings. The van der Waals surface area contributed by atoms with Gasteiger partial charge in [0, 0.05) is 5.56 Å². The van der Waals surface area contributed by atoms with Gasteiger partial charge in [0.05, 0.1) is 0 Å². The van der Waals surface area contributed by atoms with E-state index in [1.165, 1.54) is 12.1 Å². The van der Waals surface area contributed by atoms with Gasteiger partial charge in [-0.15, -0.1) is 0 Å². The maximum absolute atomic E-state index is 13.4. The lowest BCUT2D eigenvalue weighted by Gasteiger charge is -2.08. The predicted molar refractivity (Wildman–Crippen MR) is 75.9 cm³/mol. The van der Waals surface area contributed by atoms with Crippen LogP contribution in [0.2, 0.25) is 0 Å². The average Bonchev–Trinajstić information content (AvgIpc) is 2.51. The molecule has 0 aliphatic carbocycles. The SMILES string of the molecule is N#Cc1c(F)cccc1OCc1cccc(C#CCO)c1. The van der Waals surface area contributed by atoms with E-state index in [-0.39, 0.29) is 24.5 Å². The molecular formula is C17H12FNO2. The highest BCUT2D eigenvalue weighted by Gasteiger charge is 2.08. The Balaban J connectivity index is 2.14. The molecule has 0 heterocycles. The number of hydrogen-bond acceptors (Lipinski definition) is 3. The second-order valence-electron chi connectivity index (χ2n) is 4.17. The molecule has 0 spiro atoms. The predicted octanol–water partition coefficient (Wildman–Crippen LogP) is 2.62. The maximum Gasteiger partial charge on any atom is 0.144 e. The fourth-order valence-corrected chi connectivity index (χ4v) is 1.77. The van der Waals surface area contributed by atoms with Crippen LogP contribution in [-0.4, -0.2) is 11.7 Å². The van der Waals surface area contributed by atoms with Crippen LogP contribution < -0.4 is 4.74 Å². The Morgan fingerprint density at radius 1 is 1.19 bits per heavy atom. The van der Waals surface area contributed by atoms with Gasteiger partial charge in [-0.05, 0) is 29.8 Å². The van der Waals surface area contributed by atoms with Crippen LogP contribution in [0, 0.1) is 29.0 Å². The Morgan fingerprint density at radius 2 is 2.00 bits per heavy atom. The lowest BCUT2D eigenvalue weighted by Crippen LogP contribution is -1.99. The van der Waals surface area contributed by atoms with Gasteiger partial charge in [0.15, 0.2) is 0 Å². The van der Waals surface area contributed by atoms with E-state index in [0.29, 0.717) is 0 Å². The fourth-order valence-electron chi connectivity index (χ4n) is 1.77. The Morgan fingerprint density at radius 3 is 2.76 bits per heavy atom. The van der Waals surface area contributed by atoms with Crippen molar-refractivity contribution < 1.29 is 14.2 Å². The zero-order chi connectivity index (χ0) is 15.1. The molecule has 21 heavy (non-hydrogen) atoms. The van der Waals surface area contributed by atoms with Crippen molar-refractivity contribution >= 4 is 0 Å². The van der Waals surface area contributed by atoms with E-state index in [1.807, 2.05) is 24.3 Å². The van der Waals surface area contributed by atoms with E-state index in [2.05, 4.69) is 11.8 Å². The number of nitriles is 1. The molecule has 3 nitrogen and oxygen atoms in total. The van der Waals surface area contributed by atoms with Crippen molar-refractivity contribution in [3.8, 4) is 23.7 Å².